The standard InChI is InChI=1S/C26H23F3N2/c1-16-7-4-8-17(2)22(16)15-30-20-10-5-9-19(13-20)24-18(3)14-31-25-21(24)11-6-12-23(25)26(27,28)29/h4-14,30H,15H2,1-3H3. The van der Waals surface area contributed by atoms with Gasteiger partial charge in [-0.25, -0.2) is 0 Å². The van der Waals surface area contributed by atoms with Crippen LogP contribution >= 0.6 is 0 Å². The monoisotopic (exact) mass is 420 g/mol. The first-order valence-corrected chi connectivity index (χ1v) is 10.1. The number of fused-ring (bicyclic) bond motifs is 1. The number of nitrogens with one attached hydrogen (secondary N) is 1. The molecule has 4 rings (SSSR count). The van der Waals surface area contributed by atoms with E-state index in [1.165, 1.54) is 29.0 Å². The van der Waals surface area contributed by atoms with Crippen LogP contribution in [0.5, 0.6) is 0 Å². The minimum Gasteiger partial charge on any atom is -0.381 e. The topological polar surface area (TPSA) is 24.9 Å². The fourth-order valence-corrected chi connectivity index (χ4v) is 4.04. The van der Waals surface area contributed by atoms with E-state index in [4.69, 9.17) is 0 Å². The highest BCUT2D eigenvalue weighted by Crippen LogP contribution is 2.38. The summed E-state index contributed by atoms with van der Waals surface area (Å²) in [4.78, 5) is 4.12. The maximum atomic E-state index is 13.5. The molecule has 0 unspecified atom stereocenters. The van der Waals surface area contributed by atoms with Gasteiger partial charge in [-0.3, -0.25) is 4.98 Å². The van der Waals surface area contributed by atoms with E-state index >= 15 is 0 Å². The molecule has 1 N–H and O–H groups in total. The number of rotatable bonds is 4. The molecule has 2 nitrogen and oxygen atoms in total. The van der Waals surface area contributed by atoms with Gasteiger partial charge >= 0.3 is 6.18 Å². The van der Waals surface area contributed by atoms with Gasteiger partial charge in [0.2, 0.25) is 0 Å². The molecule has 5 heteroatoms. The second-order valence-corrected chi connectivity index (χ2v) is 7.82. The molecule has 0 saturated carbocycles. The zero-order valence-corrected chi connectivity index (χ0v) is 17.6. The number of hydrogen-bond acceptors (Lipinski definition) is 2. The Labute approximate surface area is 179 Å². The molecule has 0 fully saturated rings. The molecule has 0 amide bonds. The van der Waals surface area contributed by atoms with Gasteiger partial charge in [-0.1, -0.05) is 42.5 Å². The molecule has 0 saturated heterocycles. The Kier molecular flexibility index (Phi) is 5.44. The Morgan fingerprint density at radius 2 is 1.52 bits per heavy atom. The van der Waals surface area contributed by atoms with Crippen LogP contribution in [0.1, 0.15) is 27.8 Å². The van der Waals surface area contributed by atoms with Gasteiger partial charge in [0.05, 0.1) is 11.1 Å². The van der Waals surface area contributed by atoms with Crippen LogP contribution in [0.4, 0.5) is 18.9 Å². The Morgan fingerprint density at radius 1 is 0.839 bits per heavy atom. The largest absolute Gasteiger partial charge is 0.418 e. The minimum absolute atomic E-state index is 0.0236. The summed E-state index contributed by atoms with van der Waals surface area (Å²) < 4.78 is 40.5. The molecular formula is C26H23F3N2. The van der Waals surface area contributed by atoms with Crippen LogP contribution in [-0.4, -0.2) is 4.98 Å². The third-order valence-corrected chi connectivity index (χ3v) is 5.66. The van der Waals surface area contributed by atoms with E-state index in [0.717, 1.165) is 28.4 Å². The molecule has 158 valence electrons. The Balaban J connectivity index is 1.75. The van der Waals surface area contributed by atoms with Gasteiger partial charge < -0.3 is 5.32 Å². The van der Waals surface area contributed by atoms with E-state index in [0.29, 0.717) is 11.9 Å². The van der Waals surface area contributed by atoms with Crippen molar-refractivity contribution in [3.63, 3.8) is 0 Å². The highest BCUT2D eigenvalue weighted by Gasteiger charge is 2.33. The van der Waals surface area contributed by atoms with Crippen molar-refractivity contribution in [2.75, 3.05) is 5.32 Å². The number of nitrogens with zero attached hydrogens (tertiary/aromatic N) is 1. The maximum absolute atomic E-state index is 13.5. The van der Waals surface area contributed by atoms with E-state index in [9.17, 15) is 13.2 Å². The second-order valence-electron chi connectivity index (χ2n) is 7.82. The first kappa shape index (κ1) is 20.9. The molecule has 31 heavy (non-hydrogen) atoms. The van der Waals surface area contributed by atoms with Crippen LogP contribution in [0.15, 0.2) is 66.9 Å². The first-order chi connectivity index (χ1) is 14.8. The van der Waals surface area contributed by atoms with Gasteiger partial charge in [0, 0.05) is 23.8 Å². The molecule has 1 aromatic heterocycles. The van der Waals surface area contributed by atoms with Gasteiger partial charge in [0.25, 0.3) is 0 Å². The van der Waals surface area contributed by atoms with Crippen molar-refractivity contribution < 1.29 is 13.2 Å². The maximum Gasteiger partial charge on any atom is 0.418 e. The zero-order valence-electron chi connectivity index (χ0n) is 17.6. The minimum atomic E-state index is -4.45. The van der Waals surface area contributed by atoms with Crippen LogP contribution in [0.2, 0.25) is 0 Å². The predicted octanol–water partition coefficient (Wildman–Crippen LogP) is 7.46. The van der Waals surface area contributed by atoms with Gasteiger partial charge in [-0.15, -0.1) is 0 Å². The van der Waals surface area contributed by atoms with E-state index in [1.54, 1.807) is 6.07 Å². The molecule has 1 heterocycles. The summed E-state index contributed by atoms with van der Waals surface area (Å²) in [5.74, 6) is 0. The van der Waals surface area contributed by atoms with Crippen LogP contribution in [-0.2, 0) is 12.7 Å². The van der Waals surface area contributed by atoms with Crippen molar-refractivity contribution in [2.24, 2.45) is 0 Å². The number of benzene rings is 3. The summed E-state index contributed by atoms with van der Waals surface area (Å²) in [6, 6.07) is 18.2. The van der Waals surface area contributed by atoms with E-state index in [-0.39, 0.29) is 5.52 Å². The number of para-hydroxylation sites is 1. The third kappa shape index (κ3) is 4.13. The van der Waals surface area contributed by atoms with Gasteiger partial charge in [-0.05, 0) is 72.4 Å². The summed E-state index contributed by atoms with van der Waals surface area (Å²) in [5, 5.41) is 3.96. The van der Waals surface area contributed by atoms with Crippen molar-refractivity contribution >= 4 is 16.6 Å². The lowest BCUT2D eigenvalue weighted by atomic mass is 9.95. The predicted molar refractivity (Wildman–Crippen MR) is 120 cm³/mol. The number of hydrogen-bond donors (Lipinski definition) is 1. The molecule has 0 spiro atoms. The molecule has 0 aliphatic rings. The summed E-state index contributed by atoms with van der Waals surface area (Å²) in [6.07, 6.45) is -2.93. The second kappa shape index (κ2) is 8.06. The van der Waals surface area contributed by atoms with Gasteiger partial charge in [0.15, 0.2) is 0 Å². The van der Waals surface area contributed by atoms with Crippen LogP contribution < -0.4 is 5.32 Å². The van der Waals surface area contributed by atoms with E-state index in [1.807, 2.05) is 37.3 Å². The molecule has 4 aromatic rings. The zero-order chi connectivity index (χ0) is 22.2. The van der Waals surface area contributed by atoms with Crippen molar-refractivity contribution in [1.82, 2.24) is 4.98 Å². The molecule has 0 aliphatic carbocycles. The molecular weight excluding hydrogens is 397 g/mol. The molecule has 0 atom stereocenters. The average molecular weight is 420 g/mol. The quantitative estimate of drug-likeness (QED) is 0.371. The third-order valence-electron chi connectivity index (χ3n) is 5.66. The molecule has 0 bridgehead atoms. The number of pyridine rings is 1. The highest BCUT2D eigenvalue weighted by atomic mass is 19.4. The van der Waals surface area contributed by atoms with Crippen LogP contribution in [0.25, 0.3) is 22.0 Å². The molecule has 3 aromatic carbocycles. The lowest BCUT2D eigenvalue weighted by Crippen LogP contribution is -2.07. The van der Waals surface area contributed by atoms with E-state index < -0.39 is 11.7 Å². The number of alkyl halides is 3. The van der Waals surface area contributed by atoms with Crippen molar-refractivity contribution in [3.05, 3.63) is 94.7 Å². The summed E-state index contributed by atoms with van der Waals surface area (Å²) in [7, 11) is 0. The summed E-state index contributed by atoms with van der Waals surface area (Å²) >= 11 is 0. The first-order valence-electron chi connectivity index (χ1n) is 10.1. The summed E-state index contributed by atoms with van der Waals surface area (Å²) in [5.41, 5.74) is 6.32. The fourth-order valence-electron chi connectivity index (χ4n) is 4.04. The summed E-state index contributed by atoms with van der Waals surface area (Å²) in [6.45, 7) is 6.73. The number of halogens is 3. The lowest BCUT2D eigenvalue weighted by Gasteiger charge is -2.16. The van der Waals surface area contributed by atoms with Crippen molar-refractivity contribution in [3.8, 4) is 11.1 Å². The lowest BCUT2D eigenvalue weighted by molar-refractivity contribution is -0.136. The SMILES string of the molecule is Cc1cccc(C)c1CNc1cccc(-c2c(C)cnc3c(C(F)(F)F)cccc23)c1. The van der Waals surface area contributed by atoms with Crippen molar-refractivity contribution in [2.45, 2.75) is 33.5 Å². The highest BCUT2D eigenvalue weighted by molar-refractivity contribution is 5.98. The fraction of sp³-hybridized carbons (Fsp3) is 0.192. The van der Waals surface area contributed by atoms with Crippen LogP contribution in [0.3, 0.4) is 0 Å². The smallest absolute Gasteiger partial charge is 0.381 e. The number of aryl methyl sites for hydroxylation is 3. The van der Waals surface area contributed by atoms with Crippen LogP contribution in [0, 0.1) is 20.8 Å². The Morgan fingerprint density at radius 3 is 2.23 bits per heavy atom. The average Bonchev–Trinajstić information content (AvgIpc) is 2.72. The molecule has 0 aliphatic heterocycles. The van der Waals surface area contributed by atoms with E-state index in [2.05, 4.69) is 36.3 Å². The number of aromatic nitrogens is 1. The van der Waals surface area contributed by atoms with Gasteiger partial charge in [0.1, 0.15) is 0 Å². The van der Waals surface area contributed by atoms with Gasteiger partial charge in [-0.2, -0.15) is 13.2 Å². The van der Waals surface area contributed by atoms with Crippen molar-refractivity contribution in [1.29, 1.82) is 0 Å². The Bertz CT molecular complexity index is 1240. The normalized spacial score (nSPS) is 11.7. The number of anilines is 1. The molecule has 0 radical (unpaired) electrons. The Hall–Kier alpha value is -3.34.